The number of carbonyl (C=O) groups excluding carboxylic acids is 1. The molecule has 2 aromatic carbocycles. The van der Waals surface area contributed by atoms with Crippen LogP contribution in [-0.2, 0) is 10.5 Å². The molecule has 2 heterocycles. The fraction of sp³-hybridized carbons (Fsp3) is 0.100. The molecule has 2 aromatic heterocycles. The quantitative estimate of drug-likeness (QED) is 0.428. The van der Waals surface area contributed by atoms with E-state index in [1.54, 1.807) is 18.3 Å². The van der Waals surface area contributed by atoms with Crippen LogP contribution in [0.15, 0.2) is 69.0 Å². The molecule has 27 heavy (non-hydrogen) atoms. The molecule has 4 aromatic rings. The van der Waals surface area contributed by atoms with Gasteiger partial charge in [-0.05, 0) is 17.7 Å². The number of nitrogens with zero attached hydrogens (tertiary/aromatic N) is 2. The van der Waals surface area contributed by atoms with Crippen molar-refractivity contribution in [1.82, 2.24) is 10.2 Å². The molecular formula is C20H15N3O3S. The van der Waals surface area contributed by atoms with Gasteiger partial charge in [0.25, 0.3) is 0 Å². The summed E-state index contributed by atoms with van der Waals surface area (Å²) in [6.07, 6.45) is 1.73. The highest BCUT2D eigenvalue weighted by atomic mass is 32.2. The van der Waals surface area contributed by atoms with Crippen LogP contribution in [-0.4, -0.2) is 16.1 Å². The molecule has 0 saturated carbocycles. The molecule has 0 aliphatic heterocycles. The Bertz CT molecular complexity index is 1210. The van der Waals surface area contributed by atoms with E-state index in [1.165, 1.54) is 24.8 Å². The number of anilines is 1. The van der Waals surface area contributed by atoms with E-state index in [1.807, 2.05) is 30.3 Å². The second-order valence-corrected chi connectivity index (χ2v) is 6.97. The first-order chi connectivity index (χ1) is 13.1. The van der Waals surface area contributed by atoms with E-state index in [0.29, 0.717) is 17.0 Å². The monoisotopic (exact) mass is 377 g/mol. The summed E-state index contributed by atoms with van der Waals surface area (Å²) in [5, 5.41) is 14.7. The third kappa shape index (κ3) is 3.68. The van der Waals surface area contributed by atoms with Gasteiger partial charge in [-0.2, -0.15) is 5.10 Å². The highest BCUT2D eigenvalue weighted by Crippen LogP contribution is 2.30. The van der Waals surface area contributed by atoms with Gasteiger partial charge in [0.1, 0.15) is 10.6 Å². The van der Waals surface area contributed by atoms with Gasteiger partial charge in [-0.3, -0.25) is 4.79 Å². The number of hydrogen-bond acceptors (Lipinski definition) is 6. The molecule has 134 valence electrons. The lowest BCUT2D eigenvalue weighted by Gasteiger charge is -2.08. The molecule has 1 amide bonds. The number of carbonyl (C=O) groups is 1. The van der Waals surface area contributed by atoms with Gasteiger partial charge >= 0.3 is 5.63 Å². The normalized spacial score (nSPS) is 11.0. The topological polar surface area (TPSA) is 85.1 Å². The van der Waals surface area contributed by atoms with Crippen molar-refractivity contribution in [3.8, 4) is 0 Å². The Balaban J connectivity index is 1.69. The molecule has 0 radical (unpaired) electrons. The zero-order valence-electron chi connectivity index (χ0n) is 14.4. The maximum Gasteiger partial charge on any atom is 0.336 e. The molecule has 0 spiro atoms. The molecule has 0 unspecified atom stereocenters. The standard InChI is InChI=1S/C20H15N3O3S/c1-12(24)22-15-6-7-16-14(8-19(25)26-18(16)9-15)11-27-20-17-5-3-2-4-13(17)10-21-23-20/h2-10H,11H2,1H3,(H,22,24). The van der Waals surface area contributed by atoms with Crippen LogP contribution >= 0.6 is 11.8 Å². The summed E-state index contributed by atoms with van der Waals surface area (Å²) in [6, 6.07) is 14.7. The number of aromatic nitrogens is 2. The Morgan fingerprint density at radius 3 is 2.85 bits per heavy atom. The first kappa shape index (κ1) is 17.2. The summed E-state index contributed by atoms with van der Waals surface area (Å²) < 4.78 is 5.30. The van der Waals surface area contributed by atoms with Crippen LogP contribution in [0.25, 0.3) is 21.7 Å². The fourth-order valence-corrected chi connectivity index (χ4v) is 3.86. The molecule has 4 rings (SSSR count). The molecular weight excluding hydrogens is 362 g/mol. The SMILES string of the molecule is CC(=O)Nc1ccc2c(CSc3nncc4ccccc34)cc(=O)oc2c1. The second kappa shape index (κ2) is 7.20. The largest absolute Gasteiger partial charge is 0.423 e. The van der Waals surface area contributed by atoms with E-state index in [0.717, 1.165) is 26.7 Å². The van der Waals surface area contributed by atoms with Gasteiger partial charge in [0.2, 0.25) is 5.91 Å². The van der Waals surface area contributed by atoms with Gasteiger partial charge in [0.05, 0.1) is 6.20 Å². The molecule has 0 fully saturated rings. The van der Waals surface area contributed by atoms with Crippen LogP contribution in [0, 0.1) is 0 Å². The number of hydrogen-bond donors (Lipinski definition) is 1. The van der Waals surface area contributed by atoms with Crippen LogP contribution in [0.4, 0.5) is 5.69 Å². The minimum atomic E-state index is -0.429. The third-order valence-electron chi connectivity index (χ3n) is 4.05. The predicted molar refractivity (Wildman–Crippen MR) is 106 cm³/mol. The van der Waals surface area contributed by atoms with E-state index < -0.39 is 5.63 Å². The minimum absolute atomic E-state index is 0.182. The van der Waals surface area contributed by atoms with E-state index in [2.05, 4.69) is 15.5 Å². The molecule has 0 atom stereocenters. The zero-order valence-corrected chi connectivity index (χ0v) is 15.2. The van der Waals surface area contributed by atoms with Crippen molar-refractivity contribution in [2.24, 2.45) is 0 Å². The van der Waals surface area contributed by atoms with Crippen LogP contribution in [0.2, 0.25) is 0 Å². The van der Waals surface area contributed by atoms with Gasteiger partial charge in [0, 0.05) is 46.7 Å². The first-order valence-electron chi connectivity index (χ1n) is 8.28. The molecule has 0 bridgehead atoms. The average Bonchev–Trinajstić information content (AvgIpc) is 2.65. The van der Waals surface area contributed by atoms with Crippen molar-refractivity contribution >= 4 is 45.1 Å². The van der Waals surface area contributed by atoms with Crippen LogP contribution < -0.4 is 10.9 Å². The Labute approximate surface area is 158 Å². The molecule has 0 aliphatic rings. The van der Waals surface area contributed by atoms with Gasteiger partial charge in [-0.1, -0.05) is 36.0 Å². The smallest absolute Gasteiger partial charge is 0.336 e. The average molecular weight is 377 g/mol. The lowest BCUT2D eigenvalue weighted by molar-refractivity contribution is -0.114. The number of benzene rings is 2. The lowest BCUT2D eigenvalue weighted by atomic mass is 10.1. The molecule has 0 aliphatic carbocycles. The van der Waals surface area contributed by atoms with Crippen molar-refractivity contribution in [1.29, 1.82) is 0 Å². The van der Waals surface area contributed by atoms with Crippen LogP contribution in [0.5, 0.6) is 0 Å². The van der Waals surface area contributed by atoms with Gasteiger partial charge in [0.15, 0.2) is 0 Å². The Morgan fingerprint density at radius 2 is 2.00 bits per heavy atom. The van der Waals surface area contributed by atoms with Crippen LogP contribution in [0.1, 0.15) is 12.5 Å². The number of nitrogens with one attached hydrogen (secondary N) is 1. The van der Waals surface area contributed by atoms with E-state index >= 15 is 0 Å². The molecule has 7 heteroatoms. The summed E-state index contributed by atoms with van der Waals surface area (Å²) in [5.41, 5.74) is 1.44. The first-order valence-corrected chi connectivity index (χ1v) is 9.26. The summed E-state index contributed by atoms with van der Waals surface area (Å²) in [7, 11) is 0. The van der Waals surface area contributed by atoms with Crippen molar-refractivity contribution in [3.63, 3.8) is 0 Å². The Morgan fingerprint density at radius 1 is 1.15 bits per heavy atom. The second-order valence-electron chi connectivity index (χ2n) is 6.01. The number of fused-ring (bicyclic) bond motifs is 2. The van der Waals surface area contributed by atoms with Gasteiger partial charge in [-0.15, -0.1) is 5.10 Å². The van der Waals surface area contributed by atoms with Crippen molar-refractivity contribution in [2.75, 3.05) is 5.32 Å². The van der Waals surface area contributed by atoms with E-state index in [-0.39, 0.29) is 5.91 Å². The molecule has 1 N–H and O–H groups in total. The summed E-state index contributed by atoms with van der Waals surface area (Å²) in [6.45, 7) is 1.43. The predicted octanol–water partition coefficient (Wildman–Crippen LogP) is 3.99. The minimum Gasteiger partial charge on any atom is -0.423 e. The maximum atomic E-state index is 12.0. The highest BCUT2D eigenvalue weighted by molar-refractivity contribution is 7.98. The summed E-state index contributed by atoms with van der Waals surface area (Å²) >= 11 is 1.52. The number of thioether (sulfide) groups is 1. The van der Waals surface area contributed by atoms with Crippen molar-refractivity contribution in [2.45, 2.75) is 17.7 Å². The van der Waals surface area contributed by atoms with Crippen molar-refractivity contribution < 1.29 is 9.21 Å². The Hall–Kier alpha value is -3.19. The van der Waals surface area contributed by atoms with Crippen LogP contribution in [0.3, 0.4) is 0 Å². The lowest BCUT2D eigenvalue weighted by Crippen LogP contribution is -2.06. The number of amides is 1. The van der Waals surface area contributed by atoms with Gasteiger partial charge < -0.3 is 9.73 Å². The molecule has 0 saturated heterocycles. The number of rotatable bonds is 4. The van der Waals surface area contributed by atoms with Crippen molar-refractivity contribution in [3.05, 3.63) is 70.7 Å². The third-order valence-corrected chi connectivity index (χ3v) is 5.08. The zero-order chi connectivity index (χ0) is 18.8. The summed E-state index contributed by atoms with van der Waals surface area (Å²) in [4.78, 5) is 23.2. The highest BCUT2D eigenvalue weighted by Gasteiger charge is 2.10. The fourth-order valence-electron chi connectivity index (χ4n) is 2.88. The molecule has 6 nitrogen and oxygen atoms in total. The summed E-state index contributed by atoms with van der Waals surface area (Å²) in [5.74, 6) is 0.363. The van der Waals surface area contributed by atoms with E-state index in [9.17, 15) is 9.59 Å². The van der Waals surface area contributed by atoms with Gasteiger partial charge in [-0.25, -0.2) is 4.79 Å². The Kier molecular flexibility index (Phi) is 4.60. The van der Waals surface area contributed by atoms with E-state index in [4.69, 9.17) is 4.42 Å². The maximum absolute atomic E-state index is 12.0.